The summed E-state index contributed by atoms with van der Waals surface area (Å²) >= 11 is 0. The van der Waals surface area contributed by atoms with E-state index in [-0.39, 0.29) is 11.7 Å². The maximum Gasteiger partial charge on any atom is 0.257 e. The van der Waals surface area contributed by atoms with Crippen LogP contribution in [0.3, 0.4) is 0 Å². The summed E-state index contributed by atoms with van der Waals surface area (Å²) in [5.74, 6) is 1.05. The van der Waals surface area contributed by atoms with E-state index in [9.17, 15) is 4.79 Å². The standard InChI is InChI=1S/C13H21N3O3/c1-9(2)7-16(5-4-12(14)15-18)13(17)11-6-10(3)19-8-11/h6,8-9,18H,4-5,7H2,1-3H3,(H2,14,15). The van der Waals surface area contributed by atoms with Gasteiger partial charge in [0.05, 0.1) is 5.56 Å². The van der Waals surface area contributed by atoms with Crippen LogP contribution in [0.1, 0.15) is 36.4 Å². The summed E-state index contributed by atoms with van der Waals surface area (Å²) in [5.41, 5.74) is 5.96. The molecule has 0 unspecified atom stereocenters. The Labute approximate surface area is 112 Å². The fourth-order valence-electron chi connectivity index (χ4n) is 1.75. The van der Waals surface area contributed by atoms with Crippen molar-refractivity contribution in [1.29, 1.82) is 0 Å². The van der Waals surface area contributed by atoms with Crippen LogP contribution < -0.4 is 5.73 Å². The first-order valence-electron chi connectivity index (χ1n) is 6.24. The molecule has 0 aromatic carbocycles. The maximum absolute atomic E-state index is 12.3. The molecule has 0 saturated carbocycles. The van der Waals surface area contributed by atoms with Crippen LogP contribution in [0.25, 0.3) is 0 Å². The molecule has 6 heteroatoms. The van der Waals surface area contributed by atoms with Crippen LogP contribution in [-0.2, 0) is 0 Å². The molecule has 6 nitrogen and oxygen atoms in total. The summed E-state index contributed by atoms with van der Waals surface area (Å²) in [6.45, 7) is 6.88. The van der Waals surface area contributed by atoms with Crippen molar-refractivity contribution in [3.63, 3.8) is 0 Å². The van der Waals surface area contributed by atoms with E-state index < -0.39 is 0 Å². The molecule has 0 radical (unpaired) electrons. The topological polar surface area (TPSA) is 92.1 Å². The third kappa shape index (κ3) is 4.65. The van der Waals surface area contributed by atoms with Gasteiger partial charge in [0.15, 0.2) is 0 Å². The molecule has 3 N–H and O–H groups in total. The van der Waals surface area contributed by atoms with Gasteiger partial charge < -0.3 is 20.3 Å². The molecular weight excluding hydrogens is 246 g/mol. The van der Waals surface area contributed by atoms with Gasteiger partial charge >= 0.3 is 0 Å². The van der Waals surface area contributed by atoms with Gasteiger partial charge in [0.1, 0.15) is 17.9 Å². The Morgan fingerprint density at radius 1 is 1.58 bits per heavy atom. The number of hydrogen-bond acceptors (Lipinski definition) is 4. The van der Waals surface area contributed by atoms with Gasteiger partial charge in [-0.15, -0.1) is 0 Å². The number of carbonyl (C=O) groups excluding carboxylic acids is 1. The lowest BCUT2D eigenvalue weighted by molar-refractivity contribution is 0.0740. The van der Waals surface area contributed by atoms with E-state index in [1.54, 1.807) is 17.9 Å². The van der Waals surface area contributed by atoms with Crippen molar-refractivity contribution >= 4 is 11.7 Å². The summed E-state index contributed by atoms with van der Waals surface area (Å²) in [5, 5.41) is 11.4. The first kappa shape index (κ1) is 15.1. The Morgan fingerprint density at radius 3 is 2.74 bits per heavy atom. The largest absolute Gasteiger partial charge is 0.469 e. The van der Waals surface area contributed by atoms with Gasteiger partial charge in [-0.2, -0.15) is 0 Å². The van der Waals surface area contributed by atoms with Crippen molar-refractivity contribution in [2.75, 3.05) is 13.1 Å². The second-order valence-electron chi connectivity index (χ2n) is 4.93. The van der Waals surface area contributed by atoms with Crippen molar-refractivity contribution in [1.82, 2.24) is 4.90 Å². The highest BCUT2D eigenvalue weighted by Crippen LogP contribution is 2.11. The lowest BCUT2D eigenvalue weighted by Crippen LogP contribution is -2.36. The van der Waals surface area contributed by atoms with Crippen molar-refractivity contribution in [3.05, 3.63) is 23.7 Å². The van der Waals surface area contributed by atoms with Crippen molar-refractivity contribution in [2.24, 2.45) is 16.8 Å². The fourth-order valence-corrected chi connectivity index (χ4v) is 1.75. The molecule has 1 aromatic rings. The number of nitrogens with two attached hydrogens (primary N) is 1. The molecule has 0 spiro atoms. The van der Waals surface area contributed by atoms with Gasteiger partial charge in [0.2, 0.25) is 0 Å². The summed E-state index contributed by atoms with van der Waals surface area (Å²) in [6, 6.07) is 1.71. The summed E-state index contributed by atoms with van der Waals surface area (Å²) in [7, 11) is 0. The molecule has 0 bridgehead atoms. The first-order valence-corrected chi connectivity index (χ1v) is 6.24. The highest BCUT2D eigenvalue weighted by Gasteiger charge is 2.18. The van der Waals surface area contributed by atoms with E-state index in [4.69, 9.17) is 15.4 Å². The van der Waals surface area contributed by atoms with Crippen LogP contribution in [-0.4, -0.2) is 34.9 Å². The molecular formula is C13H21N3O3. The molecule has 106 valence electrons. The minimum Gasteiger partial charge on any atom is -0.469 e. The van der Waals surface area contributed by atoms with Crippen LogP contribution >= 0.6 is 0 Å². The van der Waals surface area contributed by atoms with Crippen molar-refractivity contribution < 1.29 is 14.4 Å². The van der Waals surface area contributed by atoms with Crippen LogP contribution in [0, 0.1) is 12.8 Å². The Bertz CT molecular complexity index is 452. The van der Waals surface area contributed by atoms with Crippen LogP contribution in [0.15, 0.2) is 21.9 Å². The highest BCUT2D eigenvalue weighted by atomic mass is 16.4. The van der Waals surface area contributed by atoms with Crippen LogP contribution in [0.4, 0.5) is 0 Å². The van der Waals surface area contributed by atoms with E-state index in [2.05, 4.69) is 5.16 Å². The van der Waals surface area contributed by atoms with Gasteiger partial charge in [-0.25, -0.2) is 0 Å². The average molecular weight is 267 g/mol. The van der Waals surface area contributed by atoms with Gasteiger partial charge in [0.25, 0.3) is 5.91 Å². The normalized spacial score (nSPS) is 11.9. The molecule has 0 aliphatic rings. The number of hydrogen-bond donors (Lipinski definition) is 2. The summed E-state index contributed by atoms with van der Waals surface area (Å²) < 4.78 is 5.15. The molecule has 1 heterocycles. The predicted molar refractivity (Wildman–Crippen MR) is 72.2 cm³/mol. The molecule has 1 aromatic heterocycles. The fraction of sp³-hybridized carbons (Fsp3) is 0.538. The average Bonchev–Trinajstić information content (AvgIpc) is 2.79. The molecule has 19 heavy (non-hydrogen) atoms. The van der Waals surface area contributed by atoms with Gasteiger partial charge in [0, 0.05) is 19.5 Å². The second kappa shape index (κ2) is 6.82. The Hall–Kier alpha value is -1.98. The van der Waals surface area contributed by atoms with Gasteiger partial charge in [-0.1, -0.05) is 19.0 Å². The Morgan fingerprint density at radius 2 is 2.26 bits per heavy atom. The zero-order valence-electron chi connectivity index (χ0n) is 11.6. The highest BCUT2D eigenvalue weighted by molar-refractivity contribution is 5.94. The lowest BCUT2D eigenvalue weighted by atomic mass is 10.1. The third-order valence-corrected chi connectivity index (χ3v) is 2.62. The summed E-state index contributed by atoms with van der Waals surface area (Å²) in [6.07, 6.45) is 1.79. The summed E-state index contributed by atoms with van der Waals surface area (Å²) in [4.78, 5) is 14.0. The number of amides is 1. The van der Waals surface area contributed by atoms with E-state index in [1.165, 1.54) is 6.26 Å². The minimum absolute atomic E-state index is 0.101. The number of nitrogens with zero attached hydrogens (tertiary/aromatic N) is 2. The Balaban J connectivity index is 2.75. The second-order valence-corrected chi connectivity index (χ2v) is 4.93. The van der Waals surface area contributed by atoms with Crippen molar-refractivity contribution in [3.8, 4) is 0 Å². The lowest BCUT2D eigenvalue weighted by Gasteiger charge is -2.23. The monoisotopic (exact) mass is 267 g/mol. The number of carbonyl (C=O) groups is 1. The number of aryl methyl sites for hydroxylation is 1. The zero-order chi connectivity index (χ0) is 14.4. The van der Waals surface area contributed by atoms with Crippen LogP contribution in [0.2, 0.25) is 0 Å². The van der Waals surface area contributed by atoms with E-state index in [0.29, 0.717) is 36.8 Å². The molecule has 1 amide bonds. The van der Waals surface area contributed by atoms with Crippen LogP contribution in [0.5, 0.6) is 0 Å². The minimum atomic E-state index is -0.101. The smallest absolute Gasteiger partial charge is 0.257 e. The third-order valence-electron chi connectivity index (χ3n) is 2.62. The van der Waals surface area contributed by atoms with E-state index >= 15 is 0 Å². The first-order chi connectivity index (χ1) is 8.93. The van der Waals surface area contributed by atoms with E-state index in [1.807, 2.05) is 13.8 Å². The molecule has 0 atom stereocenters. The van der Waals surface area contributed by atoms with E-state index in [0.717, 1.165) is 0 Å². The molecule has 0 aliphatic heterocycles. The van der Waals surface area contributed by atoms with Gasteiger partial charge in [-0.05, 0) is 18.9 Å². The van der Waals surface area contributed by atoms with Crippen molar-refractivity contribution in [2.45, 2.75) is 27.2 Å². The number of oxime groups is 1. The molecule has 1 rings (SSSR count). The predicted octanol–water partition coefficient (Wildman–Crippen LogP) is 1.82. The SMILES string of the molecule is Cc1cc(C(=O)N(CCC(N)=NO)CC(C)C)co1. The maximum atomic E-state index is 12.3. The zero-order valence-corrected chi connectivity index (χ0v) is 11.6. The molecule has 0 aliphatic carbocycles. The molecule has 0 fully saturated rings. The number of amidine groups is 1. The molecule has 0 saturated heterocycles. The van der Waals surface area contributed by atoms with Gasteiger partial charge in [-0.3, -0.25) is 4.79 Å². The Kier molecular flexibility index (Phi) is 5.41. The number of furan rings is 1. The quantitative estimate of drug-likeness (QED) is 0.356. The number of rotatable bonds is 6.